The first-order valence-electron chi connectivity index (χ1n) is 9.84. The molecular weight excluding hydrogens is 362 g/mol. The molecule has 0 atom stereocenters. The number of hydrogen-bond acceptors (Lipinski definition) is 4. The highest BCUT2D eigenvalue weighted by molar-refractivity contribution is 5.85. The molecule has 1 aliphatic rings. The second-order valence-electron chi connectivity index (χ2n) is 7.73. The van der Waals surface area contributed by atoms with E-state index in [2.05, 4.69) is 46.2 Å². The minimum atomic E-state index is -0.0544. The molecule has 29 heavy (non-hydrogen) atoms. The molecule has 6 nitrogen and oxygen atoms in total. The van der Waals surface area contributed by atoms with E-state index in [-0.39, 0.29) is 5.56 Å². The Morgan fingerprint density at radius 2 is 2.00 bits per heavy atom. The molecular formula is C23H23N5O. The van der Waals surface area contributed by atoms with Crippen LogP contribution in [0.3, 0.4) is 0 Å². The van der Waals surface area contributed by atoms with Gasteiger partial charge in [-0.1, -0.05) is 18.2 Å². The lowest BCUT2D eigenvalue weighted by Crippen LogP contribution is -2.35. The minimum Gasteiger partial charge on any atom is -0.399 e. The normalized spacial score (nSPS) is 14.2. The number of hydrogen-bond donors (Lipinski definition) is 3. The number of nitrogens with two attached hydrogens (primary N) is 1. The number of rotatable bonds is 3. The second kappa shape index (κ2) is 6.90. The number of nitrogens with one attached hydrogen (secondary N) is 2. The number of aromatic amines is 2. The molecule has 0 fully saturated rings. The van der Waals surface area contributed by atoms with Gasteiger partial charge >= 0.3 is 0 Å². The molecule has 0 unspecified atom stereocenters. The summed E-state index contributed by atoms with van der Waals surface area (Å²) < 4.78 is 0. The Labute approximate surface area is 168 Å². The molecule has 0 amide bonds. The van der Waals surface area contributed by atoms with Crippen LogP contribution in [0.5, 0.6) is 0 Å². The first-order chi connectivity index (χ1) is 14.1. The van der Waals surface area contributed by atoms with E-state index >= 15 is 0 Å². The zero-order chi connectivity index (χ0) is 20.0. The molecule has 0 saturated carbocycles. The summed E-state index contributed by atoms with van der Waals surface area (Å²) in [5.74, 6) is 0.606. The number of fused-ring (bicyclic) bond motifs is 2. The van der Waals surface area contributed by atoms with Crippen molar-refractivity contribution in [2.75, 3.05) is 12.3 Å². The van der Waals surface area contributed by atoms with Crippen LogP contribution >= 0.6 is 0 Å². The Morgan fingerprint density at radius 3 is 2.83 bits per heavy atom. The van der Waals surface area contributed by atoms with E-state index in [9.17, 15) is 4.79 Å². The Balaban J connectivity index is 1.41. The van der Waals surface area contributed by atoms with Gasteiger partial charge in [-0.25, -0.2) is 4.98 Å². The Kier molecular flexibility index (Phi) is 4.21. The van der Waals surface area contributed by atoms with Gasteiger partial charge in [-0.3, -0.25) is 9.69 Å². The van der Waals surface area contributed by atoms with Crippen LogP contribution < -0.4 is 11.3 Å². The van der Waals surface area contributed by atoms with Crippen LogP contribution in [0, 0.1) is 6.92 Å². The van der Waals surface area contributed by atoms with Crippen molar-refractivity contribution in [1.82, 2.24) is 19.9 Å². The number of benzene rings is 2. The highest BCUT2D eigenvalue weighted by Gasteiger charge is 2.22. The first-order valence-corrected chi connectivity index (χ1v) is 9.84. The number of H-pyrrole nitrogens is 2. The van der Waals surface area contributed by atoms with Crippen molar-refractivity contribution in [2.45, 2.75) is 26.4 Å². The fourth-order valence-corrected chi connectivity index (χ4v) is 4.13. The van der Waals surface area contributed by atoms with Crippen LogP contribution in [0.15, 0.2) is 53.5 Å². The van der Waals surface area contributed by atoms with E-state index in [1.165, 1.54) is 22.0 Å². The smallest absolute Gasteiger partial charge is 0.255 e. The zero-order valence-electron chi connectivity index (χ0n) is 16.3. The van der Waals surface area contributed by atoms with E-state index in [0.717, 1.165) is 36.3 Å². The maximum Gasteiger partial charge on any atom is 0.255 e. The quantitative estimate of drug-likeness (QED) is 0.472. The van der Waals surface area contributed by atoms with Gasteiger partial charge in [0.2, 0.25) is 0 Å². The van der Waals surface area contributed by atoms with Gasteiger partial charge in [-0.05, 0) is 42.3 Å². The third-order valence-corrected chi connectivity index (χ3v) is 5.74. The van der Waals surface area contributed by atoms with Crippen molar-refractivity contribution in [3.05, 3.63) is 81.4 Å². The molecule has 3 heterocycles. The Hall–Kier alpha value is -3.38. The molecule has 4 aromatic rings. The number of para-hydroxylation sites is 1. The van der Waals surface area contributed by atoms with Crippen LogP contribution in [0.1, 0.15) is 22.4 Å². The Morgan fingerprint density at radius 1 is 1.17 bits per heavy atom. The minimum absolute atomic E-state index is 0.0544. The van der Waals surface area contributed by atoms with Gasteiger partial charge in [-0.2, -0.15) is 0 Å². The molecule has 0 aliphatic carbocycles. The van der Waals surface area contributed by atoms with Gasteiger partial charge in [0.15, 0.2) is 0 Å². The summed E-state index contributed by atoms with van der Waals surface area (Å²) in [6.07, 6.45) is 2.85. The van der Waals surface area contributed by atoms with Gasteiger partial charge < -0.3 is 15.7 Å². The van der Waals surface area contributed by atoms with Crippen molar-refractivity contribution in [3.8, 4) is 11.4 Å². The average molecular weight is 385 g/mol. The lowest BCUT2D eigenvalue weighted by molar-refractivity contribution is 0.242. The summed E-state index contributed by atoms with van der Waals surface area (Å²) in [4.78, 5) is 26.2. The lowest BCUT2D eigenvalue weighted by atomic mass is 10.0. The Bertz CT molecular complexity index is 1250. The number of anilines is 1. The maximum absolute atomic E-state index is 12.8. The largest absolute Gasteiger partial charge is 0.399 e. The third-order valence-electron chi connectivity index (χ3n) is 5.74. The van der Waals surface area contributed by atoms with Crippen molar-refractivity contribution >= 4 is 16.6 Å². The average Bonchev–Trinajstić information content (AvgIpc) is 3.13. The van der Waals surface area contributed by atoms with E-state index in [0.29, 0.717) is 18.1 Å². The third kappa shape index (κ3) is 3.21. The molecule has 2 aromatic heterocycles. The second-order valence-corrected chi connectivity index (χ2v) is 7.73. The molecule has 2 aromatic carbocycles. The van der Waals surface area contributed by atoms with Crippen molar-refractivity contribution < 1.29 is 0 Å². The number of aromatic nitrogens is 3. The molecule has 0 radical (unpaired) electrons. The van der Waals surface area contributed by atoms with E-state index in [1.807, 2.05) is 24.3 Å². The van der Waals surface area contributed by atoms with Gasteiger partial charge in [0.05, 0.1) is 11.3 Å². The predicted octanol–water partition coefficient (Wildman–Crippen LogP) is 3.37. The molecule has 0 spiro atoms. The molecule has 146 valence electrons. The summed E-state index contributed by atoms with van der Waals surface area (Å²) >= 11 is 0. The summed E-state index contributed by atoms with van der Waals surface area (Å²) in [7, 11) is 0. The maximum atomic E-state index is 12.8. The van der Waals surface area contributed by atoms with Crippen LogP contribution in [-0.2, 0) is 19.5 Å². The number of nitrogens with zero attached hydrogens (tertiary/aromatic N) is 2. The highest BCUT2D eigenvalue weighted by atomic mass is 16.1. The van der Waals surface area contributed by atoms with Crippen LogP contribution in [0.2, 0.25) is 0 Å². The number of nitrogen functional groups attached to an aromatic ring is 1. The highest BCUT2D eigenvalue weighted by Crippen LogP contribution is 2.25. The monoisotopic (exact) mass is 385 g/mol. The van der Waals surface area contributed by atoms with Crippen molar-refractivity contribution in [3.63, 3.8) is 0 Å². The lowest BCUT2D eigenvalue weighted by Gasteiger charge is -2.27. The van der Waals surface area contributed by atoms with Crippen molar-refractivity contribution in [2.24, 2.45) is 0 Å². The van der Waals surface area contributed by atoms with Crippen LogP contribution in [0.25, 0.3) is 22.3 Å². The number of aryl methyl sites for hydroxylation is 1. The van der Waals surface area contributed by atoms with Gasteiger partial charge in [0.1, 0.15) is 5.82 Å². The zero-order valence-corrected chi connectivity index (χ0v) is 16.3. The van der Waals surface area contributed by atoms with Gasteiger partial charge in [-0.15, -0.1) is 0 Å². The summed E-state index contributed by atoms with van der Waals surface area (Å²) in [6, 6.07) is 13.8. The van der Waals surface area contributed by atoms with Crippen LogP contribution in [-0.4, -0.2) is 26.4 Å². The molecule has 1 aliphatic heterocycles. The van der Waals surface area contributed by atoms with Gasteiger partial charge in [0.25, 0.3) is 5.56 Å². The van der Waals surface area contributed by atoms with Crippen LogP contribution in [0.4, 0.5) is 5.69 Å². The SMILES string of the molecule is Cc1cccc2c(CN3CCc4nc(-c5ccc(N)cc5)[nH]c(=O)c4C3)c[nH]c12. The fraction of sp³-hybridized carbons (Fsp3) is 0.217. The molecule has 4 N–H and O–H groups in total. The van der Waals surface area contributed by atoms with E-state index < -0.39 is 0 Å². The molecule has 0 bridgehead atoms. The predicted molar refractivity (Wildman–Crippen MR) is 116 cm³/mol. The van der Waals surface area contributed by atoms with Gasteiger partial charge in [0, 0.05) is 54.4 Å². The first kappa shape index (κ1) is 17.7. The fourth-order valence-electron chi connectivity index (χ4n) is 4.13. The summed E-state index contributed by atoms with van der Waals surface area (Å²) in [6.45, 7) is 4.41. The van der Waals surface area contributed by atoms with E-state index in [4.69, 9.17) is 10.7 Å². The molecule has 0 saturated heterocycles. The molecule has 5 rings (SSSR count). The standard InChI is InChI=1S/C23H23N5O/c1-14-3-2-4-18-16(11-25-21(14)18)12-28-10-9-20-19(13-28)23(29)27-22(26-20)15-5-7-17(24)8-6-15/h2-8,11,25H,9-10,12-13,24H2,1H3,(H,26,27,29). The topological polar surface area (TPSA) is 90.8 Å². The summed E-state index contributed by atoms with van der Waals surface area (Å²) in [5.41, 5.74) is 12.6. The van der Waals surface area contributed by atoms with Crippen molar-refractivity contribution in [1.29, 1.82) is 0 Å². The van der Waals surface area contributed by atoms with E-state index in [1.54, 1.807) is 0 Å². The molecule has 6 heteroatoms. The summed E-state index contributed by atoms with van der Waals surface area (Å²) in [5, 5.41) is 1.25.